The predicted molar refractivity (Wildman–Crippen MR) is 101 cm³/mol. The van der Waals surface area contributed by atoms with Gasteiger partial charge in [0.2, 0.25) is 0 Å². The lowest BCUT2D eigenvalue weighted by Crippen LogP contribution is -2.39. The summed E-state index contributed by atoms with van der Waals surface area (Å²) in [4.78, 5) is 27.7. The van der Waals surface area contributed by atoms with Gasteiger partial charge in [0.25, 0.3) is 0 Å². The van der Waals surface area contributed by atoms with Gasteiger partial charge in [0, 0.05) is 31.1 Å². The Balaban J connectivity index is 1.75. The van der Waals surface area contributed by atoms with E-state index in [-0.39, 0.29) is 6.09 Å². The molecule has 2 aromatic rings. The number of fused-ring (bicyclic) bond motifs is 1. The highest BCUT2D eigenvalue weighted by Crippen LogP contribution is 2.31. The van der Waals surface area contributed by atoms with Gasteiger partial charge in [-0.2, -0.15) is 0 Å². The van der Waals surface area contributed by atoms with Crippen molar-refractivity contribution in [2.75, 3.05) is 31.1 Å². The summed E-state index contributed by atoms with van der Waals surface area (Å²) < 4.78 is 5.51. The van der Waals surface area contributed by atoms with E-state index in [2.05, 4.69) is 27.9 Å². The van der Waals surface area contributed by atoms with Crippen LogP contribution in [0.4, 0.5) is 10.6 Å². The lowest BCUT2D eigenvalue weighted by molar-refractivity contribution is 0.0263. The van der Waals surface area contributed by atoms with Crippen LogP contribution in [0.2, 0.25) is 0 Å². The van der Waals surface area contributed by atoms with Gasteiger partial charge in [-0.05, 0) is 39.7 Å². The number of carbonyl (C=O) groups is 1. The van der Waals surface area contributed by atoms with Gasteiger partial charge in [0.05, 0.1) is 5.39 Å². The maximum absolute atomic E-state index is 12.3. The number of hydrogen-bond acceptors (Lipinski definition) is 6. The molecule has 1 aliphatic heterocycles. The molecule has 0 spiro atoms. The predicted octanol–water partition coefficient (Wildman–Crippen LogP) is 3.70. The Bertz CT molecular complexity index is 753. The summed E-state index contributed by atoms with van der Waals surface area (Å²) in [5.41, 5.74) is -0.463. The van der Waals surface area contributed by atoms with E-state index in [9.17, 15) is 4.79 Å². The number of amides is 1. The number of nitrogens with zero attached hydrogens (tertiary/aromatic N) is 4. The van der Waals surface area contributed by atoms with E-state index in [0.29, 0.717) is 13.1 Å². The van der Waals surface area contributed by atoms with E-state index in [1.807, 2.05) is 20.8 Å². The van der Waals surface area contributed by atoms with E-state index in [1.54, 1.807) is 22.6 Å². The maximum Gasteiger partial charge on any atom is 0.410 e. The largest absolute Gasteiger partial charge is 0.444 e. The molecule has 1 saturated heterocycles. The monoisotopic (exact) mass is 362 g/mol. The molecule has 0 unspecified atom stereocenters. The molecule has 0 N–H and O–H groups in total. The molecular weight excluding hydrogens is 336 g/mol. The van der Waals surface area contributed by atoms with E-state index in [0.717, 1.165) is 42.0 Å². The van der Waals surface area contributed by atoms with E-state index in [1.165, 1.54) is 4.88 Å². The van der Waals surface area contributed by atoms with Crippen molar-refractivity contribution in [3.8, 4) is 0 Å². The summed E-state index contributed by atoms with van der Waals surface area (Å²) in [6.07, 6.45) is 3.32. The van der Waals surface area contributed by atoms with Crippen LogP contribution in [0.1, 0.15) is 39.0 Å². The zero-order valence-electron chi connectivity index (χ0n) is 15.4. The third kappa shape index (κ3) is 4.21. The minimum absolute atomic E-state index is 0.231. The normalized spacial score (nSPS) is 16.2. The molecule has 0 saturated carbocycles. The zero-order chi connectivity index (χ0) is 18.0. The first-order valence-corrected chi connectivity index (χ1v) is 9.65. The first-order valence-electron chi connectivity index (χ1n) is 8.83. The second kappa shape index (κ2) is 7.15. The number of hydrogen-bond donors (Lipinski definition) is 0. The van der Waals surface area contributed by atoms with Crippen LogP contribution in [0.5, 0.6) is 0 Å². The highest BCUT2D eigenvalue weighted by atomic mass is 32.1. The van der Waals surface area contributed by atoms with Gasteiger partial charge in [0.15, 0.2) is 0 Å². The second-order valence-corrected chi connectivity index (χ2v) is 8.41. The Morgan fingerprint density at radius 3 is 2.76 bits per heavy atom. The minimum atomic E-state index is -0.463. The first-order chi connectivity index (χ1) is 11.9. The van der Waals surface area contributed by atoms with E-state index < -0.39 is 5.60 Å². The number of ether oxygens (including phenoxy) is 1. The summed E-state index contributed by atoms with van der Waals surface area (Å²) in [6.45, 7) is 10.8. The van der Waals surface area contributed by atoms with Crippen molar-refractivity contribution < 1.29 is 9.53 Å². The number of rotatable bonds is 2. The molecule has 1 aliphatic rings. The van der Waals surface area contributed by atoms with Crippen LogP contribution in [-0.2, 0) is 11.2 Å². The van der Waals surface area contributed by atoms with Crippen molar-refractivity contribution in [3.63, 3.8) is 0 Å². The SMILES string of the molecule is CCc1cc2c(N3CCCN(C(=O)OC(C)(C)C)CC3)ncnc2s1. The molecule has 1 amide bonds. The van der Waals surface area contributed by atoms with Crippen molar-refractivity contribution in [2.24, 2.45) is 0 Å². The summed E-state index contributed by atoms with van der Waals surface area (Å²) >= 11 is 1.73. The average molecular weight is 362 g/mol. The van der Waals surface area contributed by atoms with Crippen molar-refractivity contribution in [1.29, 1.82) is 0 Å². The van der Waals surface area contributed by atoms with Gasteiger partial charge in [-0.1, -0.05) is 6.92 Å². The maximum atomic E-state index is 12.3. The molecular formula is C18H26N4O2S. The van der Waals surface area contributed by atoms with Gasteiger partial charge in [-0.3, -0.25) is 0 Å². The molecule has 0 aromatic carbocycles. The van der Waals surface area contributed by atoms with Crippen LogP contribution in [0.15, 0.2) is 12.4 Å². The number of anilines is 1. The van der Waals surface area contributed by atoms with Crippen LogP contribution in [0.3, 0.4) is 0 Å². The van der Waals surface area contributed by atoms with Crippen LogP contribution in [0.25, 0.3) is 10.2 Å². The zero-order valence-corrected chi connectivity index (χ0v) is 16.2. The molecule has 6 nitrogen and oxygen atoms in total. The number of carbonyl (C=O) groups excluding carboxylic acids is 1. The van der Waals surface area contributed by atoms with E-state index in [4.69, 9.17) is 4.74 Å². The van der Waals surface area contributed by atoms with Gasteiger partial charge in [0.1, 0.15) is 22.6 Å². The van der Waals surface area contributed by atoms with Crippen LogP contribution < -0.4 is 4.90 Å². The topological polar surface area (TPSA) is 58.6 Å². The minimum Gasteiger partial charge on any atom is -0.444 e. The van der Waals surface area contributed by atoms with Crippen LogP contribution in [0, 0.1) is 0 Å². The molecule has 0 radical (unpaired) electrons. The Morgan fingerprint density at radius 1 is 1.24 bits per heavy atom. The van der Waals surface area contributed by atoms with Crippen LogP contribution >= 0.6 is 11.3 Å². The molecule has 136 valence electrons. The Morgan fingerprint density at radius 2 is 2.04 bits per heavy atom. The van der Waals surface area contributed by atoms with Crippen molar-refractivity contribution >= 4 is 33.5 Å². The lowest BCUT2D eigenvalue weighted by atomic mass is 10.2. The smallest absolute Gasteiger partial charge is 0.410 e. The molecule has 0 bridgehead atoms. The Labute approximate surface area is 152 Å². The molecule has 7 heteroatoms. The molecule has 2 aromatic heterocycles. The van der Waals surface area contributed by atoms with Gasteiger partial charge in [-0.15, -0.1) is 11.3 Å². The molecule has 3 heterocycles. The molecule has 0 atom stereocenters. The van der Waals surface area contributed by atoms with Crippen LogP contribution in [-0.4, -0.2) is 52.7 Å². The highest BCUT2D eigenvalue weighted by Gasteiger charge is 2.25. The summed E-state index contributed by atoms with van der Waals surface area (Å²) in [7, 11) is 0. The molecule has 0 aliphatic carbocycles. The van der Waals surface area contributed by atoms with E-state index >= 15 is 0 Å². The fourth-order valence-electron chi connectivity index (χ4n) is 2.96. The lowest BCUT2D eigenvalue weighted by Gasteiger charge is -2.26. The summed E-state index contributed by atoms with van der Waals surface area (Å²) in [6, 6.07) is 2.20. The first kappa shape index (κ1) is 17.9. The number of thiophene rings is 1. The average Bonchev–Trinajstić information content (AvgIpc) is 2.81. The second-order valence-electron chi connectivity index (χ2n) is 7.29. The standard InChI is InChI=1S/C18H26N4O2S/c1-5-13-11-14-15(19-12-20-16(14)25-13)21-7-6-8-22(10-9-21)17(23)24-18(2,3)4/h11-12H,5-10H2,1-4H3. The third-order valence-electron chi connectivity index (χ3n) is 4.16. The number of aromatic nitrogens is 2. The van der Waals surface area contributed by atoms with Crippen molar-refractivity contribution in [3.05, 3.63) is 17.3 Å². The fraction of sp³-hybridized carbons (Fsp3) is 0.611. The Kier molecular flexibility index (Phi) is 5.13. The summed E-state index contributed by atoms with van der Waals surface area (Å²) in [5.74, 6) is 0.979. The Hall–Kier alpha value is -1.89. The third-order valence-corrected chi connectivity index (χ3v) is 5.34. The summed E-state index contributed by atoms with van der Waals surface area (Å²) in [5, 5.41) is 1.12. The molecule has 3 rings (SSSR count). The highest BCUT2D eigenvalue weighted by molar-refractivity contribution is 7.18. The van der Waals surface area contributed by atoms with Gasteiger partial charge < -0.3 is 14.5 Å². The molecule has 25 heavy (non-hydrogen) atoms. The van der Waals surface area contributed by atoms with Crippen molar-refractivity contribution in [2.45, 2.75) is 46.1 Å². The number of aryl methyl sites for hydroxylation is 1. The molecule has 1 fully saturated rings. The van der Waals surface area contributed by atoms with Gasteiger partial charge in [-0.25, -0.2) is 14.8 Å². The van der Waals surface area contributed by atoms with Crippen molar-refractivity contribution in [1.82, 2.24) is 14.9 Å². The van der Waals surface area contributed by atoms with Gasteiger partial charge >= 0.3 is 6.09 Å². The quantitative estimate of drug-likeness (QED) is 0.815. The fourth-order valence-corrected chi connectivity index (χ4v) is 3.89.